The third kappa shape index (κ3) is 15.7. The van der Waals surface area contributed by atoms with Crippen molar-refractivity contribution < 1.29 is 42.9 Å². The van der Waals surface area contributed by atoms with Gasteiger partial charge < -0.3 is 35.0 Å². The van der Waals surface area contributed by atoms with E-state index in [9.17, 15) is 29.1 Å². The first kappa shape index (κ1) is 64.3. The predicted octanol–water partition coefficient (Wildman–Crippen LogP) is 12.9. The summed E-state index contributed by atoms with van der Waals surface area (Å²) in [4.78, 5) is 91.4. The number of hydrogen-bond acceptors (Lipinski definition) is 16. The number of para-hydroxylation sites is 1. The number of β-amino-alcohol motifs (C(OH)–C–C–N with tert-alkyl or cyclic N) is 1. The first-order valence-electron chi connectivity index (χ1n) is 30.1. The van der Waals surface area contributed by atoms with E-state index in [2.05, 4.69) is 35.8 Å². The fourth-order valence-electron chi connectivity index (χ4n) is 11.3. The number of fused-ring (bicyclic) bond motifs is 2. The highest BCUT2D eigenvalue weighted by Gasteiger charge is 2.45. The highest BCUT2D eigenvalue weighted by molar-refractivity contribution is 7.22. The molecule has 4 N–H and O–H groups in total. The van der Waals surface area contributed by atoms with Crippen molar-refractivity contribution in [2.24, 2.45) is 5.41 Å². The quantitative estimate of drug-likeness (QED) is 0.0327. The van der Waals surface area contributed by atoms with E-state index < -0.39 is 41.3 Å². The van der Waals surface area contributed by atoms with Crippen LogP contribution in [-0.4, -0.2) is 105 Å². The van der Waals surface area contributed by atoms with Gasteiger partial charge in [-0.1, -0.05) is 112 Å². The summed E-state index contributed by atoms with van der Waals surface area (Å²) in [7, 11) is 1.33. The number of benzene rings is 4. The van der Waals surface area contributed by atoms with Crippen molar-refractivity contribution in [3.63, 3.8) is 0 Å². The van der Waals surface area contributed by atoms with Gasteiger partial charge in [-0.15, -0.1) is 22.7 Å². The lowest BCUT2D eigenvalue weighted by Gasteiger charge is -2.35. The van der Waals surface area contributed by atoms with Gasteiger partial charge in [-0.25, -0.2) is 24.1 Å². The Labute approximate surface area is 534 Å². The average Bonchev–Trinajstić information content (AvgIpc) is 2.21. The van der Waals surface area contributed by atoms with Crippen LogP contribution in [0.1, 0.15) is 139 Å². The van der Waals surface area contributed by atoms with Crippen molar-refractivity contribution in [1.29, 1.82) is 0 Å². The van der Waals surface area contributed by atoms with E-state index in [4.69, 9.17) is 26.1 Å². The van der Waals surface area contributed by atoms with E-state index in [1.54, 1.807) is 35.7 Å². The lowest BCUT2D eigenvalue weighted by atomic mass is 9.85. The van der Waals surface area contributed by atoms with Crippen LogP contribution in [-0.2, 0) is 44.9 Å². The number of anilines is 2. The van der Waals surface area contributed by atoms with Gasteiger partial charge >= 0.3 is 5.97 Å². The number of rotatable bonds is 24. The number of halogens is 2. The van der Waals surface area contributed by atoms with Crippen LogP contribution in [0.3, 0.4) is 0 Å². The molecule has 17 nitrogen and oxygen atoms in total. The minimum Gasteiger partial charge on any atom is -0.492 e. The second-order valence-electron chi connectivity index (χ2n) is 23.7. The Kier molecular flexibility index (Phi) is 20.8. The summed E-state index contributed by atoms with van der Waals surface area (Å²) in [5.74, 6) is -1.84. The van der Waals surface area contributed by atoms with Gasteiger partial charge in [-0.2, -0.15) is 0 Å². The summed E-state index contributed by atoms with van der Waals surface area (Å²) >= 11 is 11.1. The number of carbonyl (C=O) groups is 5. The third-order valence-corrected chi connectivity index (χ3v) is 19.6. The van der Waals surface area contributed by atoms with Crippen molar-refractivity contribution in [3.8, 4) is 27.4 Å². The second-order valence-corrected chi connectivity index (χ2v) is 27.1. The Bertz CT molecular complexity index is 3830. The van der Waals surface area contributed by atoms with E-state index in [-0.39, 0.29) is 61.1 Å². The summed E-state index contributed by atoms with van der Waals surface area (Å²) in [5, 5.41) is 21.2. The highest BCUT2D eigenvalue weighted by atomic mass is 35.5. The lowest BCUT2D eigenvalue weighted by Crippen LogP contribution is -2.57. The largest absolute Gasteiger partial charge is 0.492 e. The zero-order valence-electron chi connectivity index (χ0n) is 50.7. The van der Waals surface area contributed by atoms with Gasteiger partial charge in [0.15, 0.2) is 16.0 Å². The van der Waals surface area contributed by atoms with E-state index in [1.807, 2.05) is 107 Å². The van der Waals surface area contributed by atoms with Gasteiger partial charge in [0, 0.05) is 54.7 Å². The summed E-state index contributed by atoms with van der Waals surface area (Å²) in [6, 6.07) is 25.8. The highest BCUT2D eigenvalue weighted by Crippen LogP contribution is 2.36. The van der Waals surface area contributed by atoms with Crippen LogP contribution in [0.15, 0.2) is 103 Å². The number of methoxy groups -OCH3 is 1. The van der Waals surface area contributed by atoms with Crippen LogP contribution >= 0.6 is 45.6 Å². The van der Waals surface area contributed by atoms with Crippen molar-refractivity contribution >= 4 is 95.7 Å². The number of esters is 1. The molecule has 10 rings (SSSR count). The number of aromatic nitrogens is 4. The summed E-state index contributed by atoms with van der Waals surface area (Å²) in [5.41, 5.74) is 9.10. The maximum absolute atomic E-state index is 15.6. The standard InChI is InChI=1S/C67H73ClFN9O8S3/c1-39(42-23-25-44(26-24-42)59-40(2)71-38-87-59)72-62(82)52-34-46(79)36-78(52)63(83)60(67(3,4)5)74-56(80)22-11-9-7-8-10-16-41-32-50(69)57(70-35-41)45-27-28-53(49(68)33-45)86-31-15-21-55-58(64(84)85-6)75-66(89-55)77-30-29-43-17-14-18-47(48(43)37-77)61(81)76-65-73-51-19-12-13-20-54(51)88-65/h12-14,17-20,23-28,32-33,35,38-39,46,52,60,79H,7-11,15-16,21-22,29-31,34,36-37H2,1-6H3,(H,72,82)(H,74,80)(H,73,76,81)/t39-,46+,52-,60+/m0/s1. The van der Waals surface area contributed by atoms with Gasteiger partial charge in [0.25, 0.3) is 5.91 Å². The van der Waals surface area contributed by atoms with Crippen LogP contribution < -0.4 is 25.6 Å². The molecule has 0 unspecified atom stereocenters. The molecule has 4 amide bonds. The molecule has 1 saturated heterocycles. The predicted molar refractivity (Wildman–Crippen MR) is 348 cm³/mol. The van der Waals surface area contributed by atoms with E-state index in [0.29, 0.717) is 77.4 Å². The number of ether oxygens (including phenoxy) is 2. The first-order valence-corrected chi connectivity index (χ1v) is 33.0. The van der Waals surface area contributed by atoms with Crippen LogP contribution in [0.4, 0.5) is 14.7 Å². The van der Waals surface area contributed by atoms with Crippen molar-refractivity contribution in [2.45, 2.75) is 136 Å². The van der Waals surface area contributed by atoms with E-state index in [0.717, 1.165) is 79.2 Å². The zero-order valence-corrected chi connectivity index (χ0v) is 53.9. The summed E-state index contributed by atoms with van der Waals surface area (Å²) in [6.45, 7) is 10.8. The molecule has 2 aliphatic rings. The maximum atomic E-state index is 15.6. The molecule has 0 aliphatic carbocycles. The molecule has 4 atom stereocenters. The number of nitrogens with zero attached hydrogens (tertiary/aromatic N) is 6. The summed E-state index contributed by atoms with van der Waals surface area (Å²) in [6.07, 6.45) is 7.39. The van der Waals surface area contributed by atoms with Crippen molar-refractivity contribution in [2.75, 3.05) is 37.0 Å². The van der Waals surface area contributed by atoms with Crippen molar-refractivity contribution in [3.05, 3.63) is 158 Å². The molecule has 2 aliphatic heterocycles. The number of hydrogen-bond donors (Lipinski definition) is 4. The zero-order chi connectivity index (χ0) is 62.9. The average molecular weight is 1280 g/mol. The molecular formula is C67H73ClFN9O8S3. The van der Waals surface area contributed by atoms with Crippen LogP contribution in [0.5, 0.6) is 5.75 Å². The van der Waals surface area contributed by atoms with Gasteiger partial charge in [-0.05, 0) is 128 Å². The number of amides is 4. The smallest absolute Gasteiger partial charge is 0.357 e. The van der Waals surface area contributed by atoms with Crippen LogP contribution in [0.2, 0.25) is 5.02 Å². The lowest BCUT2D eigenvalue weighted by molar-refractivity contribution is -0.144. The first-order chi connectivity index (χ1) is 42.8. The number of pyridine rings is 1. The molecule has 89 heavy (non-hydrogen) atoms. The molecule has 4 aromatic carbocycles. The fraction of sp³-hybridized carbons (Fsp3) is 0.388. The molecular weight excluding hydrogens is 1210 g/mol. The molecule has 0 radical (unpaired) electrons. The number of unbranched alkanes of at least 4 members (excludes halogenated alkanes) is 4. The Morgan fingerprint density at radius 1 is 0.876 bits per heavy atom. The fourth-order valence-corrected chi connectivity index (χ4v) is 14.4. The van der Waals surface area contributed by atoms with Gasteiger partial charge in [-0.3, -0.25) is 29.5 Å². The normalized spacial score (nSPS) is 15.6. The Hall–Kier alpha value is -7.69. The Morgan fingerprint density at radius 2 is 1.65 bits per heavy atom. The summed E-state index contributed by atoms with van der Waals surface area (Å²) < 4.78 is 27.8. The number of aryl methyl sites for hydroxylation is 3. The molecule has 6 heterocycles. The molecule has 1 fully saturated rings. The topological polar surface area (TPSA) is 218 Å². The minimum absolute atomic E-state index is 0.00824. The van der Waals surface area contributed by atoms with Crippen molar-refractivity contribution in [1.82, 2.24) is 35.5 Å². The Morgan fingerprint density at radius 3 is 2.39 bits per heavy atom. The van der Waals surface area contributed by atoms with E-state index in [1.165, 1.54) is 40.7 Å². The number of carbonyl (C=O) groups excluding carboxylic acids is 5. The molecule has 466 valence electrons. The van der Waals surface area contributed by atoms with Crippen LogP contribution in [0.25, 0.3) is 31.9 Å². The second kappa shape index (κ2) is 28.9. The maximum Gasteiger partial charge on any atom is 0.357 e. The van der Waals surface area contributed by atoms with E-state index >= 15 is 4.39 Å². The molecule has 0 bridgehead atoms. The van der Waals surface area contributed by atoms with Crippen LogP contribution in [0, 0.1) is 18.2 Å². The molecule has 4 aromatic heterocycles. The molecule has 8 aromatic rings. The number of aliphatic hydroxyl groups excluding tert-OH is 1. The van der Waals surface area contributed by atoms with Gasteiger partial charge in [0.2, 0.25) is 17.7 Å². The van der Waals surface area contributed by atoms with Gasteiger partial charge in [0.1, 0.15) is 29.3 Å². The third-order valence-electron chi connectivity index (χ3n) is 16.2. The minimum atomic E-state index is -0.912. The number of nitrogens with one attached hydrogen (secondary N) is 3. The molecule has 0 spiro atoms. The molecule has 0 saturated carbocycles. The monoisotopic (exact) mass is 1280 g/mol. The Balaban J connectivity index is 0.645. The number of aliphatic hydroxyl groups is 1. The number of thiazole rings is 3. The molecule has 22 heteroatoms. The van der Waals surface area contributed by atoms with Gasteiger partial charge in [0.05, 0.1) is 57.2 Å². The SMILES string of the molecule is COC(=O)c1nc(N2CCc3cccc(C(=O)Nc4nc5ccccc5s4)c3C2)sc1CCCOc1ccc(-c2ncc(CCCCCCCC(=O)N[C@H](C(=O)N3C[C@H](O)C[C@H]3C(=O)N[C@@H](C)c3ccc(-c4scnc4C)cc3)C(C)(C)C)cc2F)cc1Cl. The number of likely N-dealkylation sites (tertiary alicyclic amines) is 1.